The molecule has 0 bridgehead atoms. The molecule has 2 amide bonds. The normalized spacial score (nSPS) is 15.9. The third-order valence-electron chi connectivity index (χ3n) is 6.26. The van der Waals surface area contributed by atoms with E-state index in [4.69, 9.17) is 5.73 Å². The number of H-pyrrole nitrogens is 1. The van der Waals surface area contributed by atoms with Crippen molar-refractivity contribution in [2.75, 3.05) is 30.3 Å². The Hall–Kier alpha value is -2.88. The Balaban J connectivity index is 1.91. The zero-order valence-corrected chi connectivity index (χ0v) is 20.9. The van der Waals surface area contributed by atoms with Crippen LogP contribution in [0.4, 0.5) is 11.5 Å². The monoisotopic (exact) mass is 489 g/mol. The van der Waals surface area contributed by atoms with Crippen LogP contribution in [0.1, 0.15) is 68.5 Å². The first kappa shape index (κ1) is 25.7. The summed E-state index contributed by atoms with van der Waals surface area (Å²) in [6.07, 6.45) is 5.47. The number of aromatic nitrogens is 2. The zero-order valence-electron chi connectivity index (χ0n) is 20.0. The average Bonchev–Trinajstić information content (AvgIpc) is 3.37. The second-order valence-corrected chi connectivity index (χ2v) is 9.71. The van der Waals surface area contributed by atoms with Crippen molar-refractivity contribution >= 4 is 34.7 Å². The molecular formula is C24H35N5O4S. The molecule has 0 radical (unpaired) electrons. The molecule has 3 rings (SSSR count). The SMILES string of the molecule is CCCCCN(C(=O)C1CCCN(C(=O)c2cccs2)C1)c1c(N)n(CCCC)c(=O)[nH]c1=O. The number of piperidine rings is 1. The molecule has 186 valence electrons. The van der Waals surface area contributed by atoms with Gasteiger partial charge in [0.15, 0.2) is 5.69 Å². The van der Waals surface area contributed by atoms with E-state index < -0.39 is 17.2 Å². The van der Waals surface area contributed by atoms with Crippen molar-refractivity contribution in [3.63, 3.8) is 0 Å². The number of amides is 2. The van der Waals surface area contributed by atoms with E-state index in [0.29, 0.717) is 50.3 Å². The molecule has 34 heavy (non-hydrogen) atoms. The van der Waals surface area contributed by atoms with E-state index in [9.17, 15) is 19.2 Å². The highest BCUT2D eigenvalue weighted by Gasteiger charge is 2.34. The average molecular weight is 490 g/mol. The minimum atomic E-state index is -0.651. The van der Waals surface area contributed by atoms with E-state index in [-0.39, 0.29) is 23.3 Å². The molecule has 2 aromatic heterocycles. The van der Waals surface area contributed by atoms with E-state index in [0.717, 1.165) is 25.7 Å². The molecule has 0 saturated carbocycles. The van der Waals surface area contributed by atoms with Gasteiger partial charge in [0.05, 0.1) is 10.8 Å². The van der Waals surface area contributed by atoms with Crippen molar-refractivity contribution in [1.29, 1.82) is 0 Å². The molecule has 1 unspecified atom stereocenters. The highest BCUT2D eigenvalue weighted by molar-refractivity contribution is 7.12. The molecular weight excluding hydrogens is 454 g/mol. The standard InChI is InChI=1S/C24H35N5O4S/c1-3-5-7-14-28(19-20(25)29(13-6-4-2)24(33)26-21(19)30)22(31)17-10-8-12-27(16-17)23(32)18-11-9-15-34-18/h9,11,15,17H,3-8,10,12-14,16,25H2,1-2H3,(H,26,30,33). The molecule has 10 heteroatoms. The van der Waals surface area contributed by atoms with E-state index in [1.807, 2.05) is 18.4 Å². The van der Waals surface area contributed by atoms with Gasteiger partial charge in [-0.05, 0) is 37.1 Å². The molecule has 0 aromatic carbocycles. The van der Waals surface area contributed by atoms with Gasteiger partial charge in [-0.3, -0.25) is 23.9 Å². The number of nitrogens with zero attached hydrogens (tertiary/aromatic N) is 3. The first-order valence-electron chi connectivity index (χ1n) is 12.2. The third kappa shape index (κ3) is 5.78. The third-order valence-corrected chi connectivity index (χ3v) is 7.12. The molecule has 1 fully saturated rings. The molecule has 3 heterocycles. The fraction of sp³-hybridized carbons (Fsp3) is 0.583. The number of nitrogens with two attached hydrogens (primary N) is 1. The molecule has 0 spiro atoms. The maximum Gasteiger partial charge on any atom is 0.330 e. The van der Waals surface area contributed by atoms with Crippen LogP contribution in [-0.2, 0) is 11.3 Å². The quantitative estimate of drug-likeness (QED) is 0.497. The highest BCUT2D eigenvalue weighted by atomic mass is 32.1. The Morgan fingerprint density at radius 3 is 2.65 bits per heavy atom. The lowest BCUT2D eigenvalue weighted by molar-refractivity contribution is -0.123. The molecule has 0 aliphatic carbocycles. The Morgan fingerprint density at radius 2 is 1.97 bits per heavy atom. The summed E-state index contributed by atoms with van der Waals surface area (Å²) in [5.41, 5.74) is 5.15. The van der Waals surface area contributed by atoms with Gasteiger partial charge in [-0.1, -0.05) is 39.2 Å². The summed E-state index contributed by atoms with van der Waals surface area (Å²) >= 11 is 1.38. The number of carbonyl (C=O) groups is 2. The van der Waals surface area contributed by atoms with Crippen molar-refractivity contribution in [3.8, 4) is 0 Å². The van der Waals surface area contributed by atoms with Gasteiger partial charge in [0.25, 0.3) is 11.5 Å². The maximum atomic E-state index is 13.8. The molecule has 1 aliphatic rings. The minimum absolute atomic E-state index is 0.0226. The summed E-state index contributed by atoms with van der Waals surface area (Å²) in [7, 11) is 0. The predicted molar refractivity (Wildman–Crippen MR) is 135 cm³/mol. The van der Waals surface area contributed by atoms with Crippen LogP contribution >= 0.6 is 11.3 Å². The molecule has 1 atom stereocenters. The summed E-state index contributed by atoms with van der Waals surface area (Å²) in [4.78, 5) is 58.1. The number of hydrogen-bond acceptors (Lipinski definition) is 6. The topological polar surface area (TPSA) is 121 Å². The number of aromatic amines is 1. The van der Waals surface area contributed by atoms with Crippen LogP contribution in [0.5, 0.6) is 0 Å². The van der Waals surface area contributed by atoms with Crippen molar-refractivity contribution in [1.82, 2.24) is 14.5 Å². The van der Waals surface area contributed by atoms with Crippen molar-refractivity contribution in [2.24, 2.45) is 5.92 Å². The largest absolute Gasteiger partial charge is 0.383 e. The number of hydrogen-bond donors (Lipinski definition) is 2. The van der Waals surface area contributed by atoms with E-state index in [1.165, 1.54) is 20.8 Å². The second-order valence-electron chi connectivity index (χ2n) is 8.76. The number of unbranched alkanes of at least 4 members (excludes halogenated alkanes) is 3. The number of carbonyl (C=O) groups excluding carboxylic acids is 2. The molecule has 9 nitrogen and oxygen atoms in total. The lowest BCUT2D eigenvalue weighted by Crippen LogP contribution is -2.49. The summed E-state index contributed by atoms with van der Waals surface area (Å²) < 4.78 is 1.34. The first-order chi connectivity index (χ1) is 16.4. The molecule has 1 aliphatic heterocycles. The lowest BCUT2D eigenvalue weighted by Gasteiger charge is -2.35. The van der Waals surface area contributed by atoms with Crippen molar-refractivity contribution in [2.45, 2.75) is 65.3 Å². The second kappa shape index (κ2) is 12.0. The molecule has 2 aromatic rings. The van der Waals surface area contributed by atoms with Crippen LogP contribution in [-0.4, -0.2) is 45.9 Å². The van der Waals surface area contributed by atoms with E-state index >= 15 is 0 Å². The minimum Gasteiger partial charge on any atom is -0.383 e. The van der Waals surface area contributed by atoms with Crippen LogP contribution in [0.2, 0.25) is 0 Å². The lowest BCUT2D eigenvalue weighted by atomic mass is 9.95. The van der Waals surface area contributed by atoms with Gasteiger partial charge in [-0.15, -0.1) is 11.3 Å². The molecule has 1 saturated heterocycles. The van der Waals surface area contributed by atoms with Gasteiger partial charge in [0.1, 0.15) is 5.82 Å². The smallest absolute Gasteiger partial charge is 0.330 e. The number of likely N-dealkylation sites (tertiary alicyclic amines) is 1. The Kier molecular flexibility index (Phi) is 9.09. The number of anilines is 2. The molecule has 3 N–H and O–H groups in total. The number of nitrogens with one attached hydrogen (secondary N) is 1. The van der Waals surface area contributed by atoms with Crippen LogP contribution < -0.4 is 21.9 Å². The summed E-state index contributed by atoms with van der Waals surface area (Å²) in [5, 5.41) is 1.86. The van der Waals surface area contributed by atoms with Gasteiger partial charge in [0.2, 0.25) is 5.91 Å². The number of nitrogen functional groups attached to an aromatic ring is 1. The van der Waals surface area contributed by atoms with Gasteiger partial charge in [-0.25, -0.2) is 4.79 Å². The van der Waals surface area contributed by atoms with Crippen molar-refractivity contribution in [3.05, 3.63) is 43.2 Å². The fourth-order valence-electron chi connectivity index (χ4n) is 4.37. The van der Waals surface area contributed by atoms with Gasteiger partial charge >= 0.3 is 5.69 Å². The number of thiophene rings is 1. The Bertz CT molecular complexity index is 1090. The summed E-state index contributed by atoms with van der Waals surface area (Å²) in [6.45, 7) is 5.66. The maximum absolute atomic E-state index is 13.8. The van der Waals surface area contributed by atoms with E-state index in [1.54, 1.807) is 11.0 Å². The van der Waals surface area contributed by atoms with Gasteiger partial charge in [0, 0.05) is 26.2 Å². The van der Waals surface area contributed by atoms with Crippen LogP contribution in [0, 0.1) is 5.92 Å². The number of rotatable bonds is 10. The first-order valence-corrected chi connectivity index (χ1v) is 13.0. The fourth-order valence-corrected chi connectivity index (χ4v) is 5.06. The van der Waals surface area contributed by atoms with Crippen molar-refractivity contribution < 1.29 is 9.59 Å². The van der Waals surface area contributed by atoms with E-state index in [2.05, 4.69) is 11.9 Å². The van der Waals surface area contributed by atoms with Crippen LogP contribution in [0.3, 0.4) is 0 Å². The van der Waals surface area contributed by atoms with Gasteiger partial charge in [-0.2, -0.15) is 0 Å². The predicted octanol–water partition coefficient (Wildman–Crippen LogP) is 3.06. The highest BCUT2D eigenvalue weighted by Crippen LogP contribution is 2.26. The van der Waals surface area contributed by atoms with Gasteiger partial charge < -0.3 is 15.5 Å². The zero-order chi connectivity index (χ0) is 24.7. The summed E-state index contributed by atoms with van der Waals surface area (Å²) in [6, 6.07) is 3.62. The summed E-state index contributed by atoms with van der Waals surface area (Å²) in [5.74, 6) is -0.711. The Labute approximate surface area is 203 Å². The Morgan fingerprint density at radius 1 is 1.21 bits per heavy atom. The van der Waals surface area contributed by atoms with Crippen LogP contribution in [0.25, 0.3) is 0 Å². The van der Waals surface area contributed by atoms with Crippen LogP contribution in [0.15, 0.2) is 27.1 Å².